The Morgan fingerprint density at radius 1 is 0.622 bits per heavy atom. The maximum Gasteiger partial charge on any atom is 0.247 e. The fourth-order valence-corrected chi connectivity index (χ4v) is 4.52. The summed E-state index contributed by atoms with van der Waals surface area (Å²) in [5, 5.41) is 0. The Bertz CT molecular complexity index is 1180. The summed E-state index contributed by atoms with van der Waals surface area (Å²) in [6.07, 6.45) is -0.440. The van der Waals surface area contributed by atoms with Crippen LogP contribution in [0.15, 0.2) is 84.9 Å². The first-order valence-corrected chi connectivity index (χ1v) is 12.3. The quantitative estimate of drug-likeness (QED) is 0.442. The normalized spacial score (nSPS) is 13.1. The van der Waals surface area contributed by atoms with E-state index in [9.17, 15) is 19.2 Å². The van der Waals surface area contributed by atoms with Crippen LogP contribution in [0.1, 0.15) is 20.3 Å². The third-order valence-electron chi connectivity index (χ3n) is 6.32. The molecule has 1 aliphatic heterocycles. The third-order valence-corrected chi connectivity index (χ3v) is 6.32. The highest BCUT2D eigenvalue weighted by atomic mass is 16.2. The Hall–Kier alpha value is -4.46. The number of benzene rings is 3. The van der Waals surface area contributed by atoms with Crippen LogP contribution in [-0.2, 0) is 19.2 Å². The molecule has 8 nitrogen and oxygen atoms in total. The fraction of sp³-hybridized carbons (Fsp3) is 0.241. The topological polar surface area (TPSA) is 81.2 Å². The van der Waals surface area contributed by atoms with Crippen molar-refractivity contribution in [2.45, 2.75) is 20.3 Å². The molecule has 0 unspecified atom stereocenters. The fourth-order valence-electron chi connectivity index (χ4n) is 4.52. The second-order valence-electron chi connectivity index (χ2n) is 8.57. The molecule has 0 N–H and O–H groups in total. The molecule has 4 rings (SSSR count). The van der Waals surface area contributed by atoms with Crippen LogP contribution in [0.3, 0.4) is 0 Å². The molecular formula is C29H30N4O4. The van der Waals surface area contributed by atoms with E-state index < -0.39 is 18.2 Å². The second-order valence-corrected chi connectivity index (χ2v) is 8.57. The number of para-hydroxylation sites is 4. The maximum absolute atomic E-state index is 13.3. The summed E-state index contributed by atoms with van der Waals surface area (Å²) < 4.78 is 0. The van der Waals surface area contributed by atoms with Gasteiger partial charge in [0.2, 0.25) is 23.6 Å². The number of hydrogen-bond acceptors (Lipinski definition) is 4. The highest BCUT2D eigenvalue weighted by molar-refractivity contribution is 6.18. The van der Waals surface area contributed by atoms with E-state index in [0.29, 0.717) is 24.5 Å². The molecule has 4 amide bonds. The smallest absolute Gasteiger partial charge is 0.247 e. The van der Waals surface area contributed by atoms with Gasteiger partial charge in [0, 0.05) is 24.5 Å². The third kappa shape index (κ3) is 5.53. The minimum atomic E-state index is -0.486. The molecule has 0 bridgehead atoms. The zero-order valence-electron chi connectivity index (χ0n) is 21.0. The van der Waals surface area contributed by atoms with Crippen LogP contribution in [-0.4, -0.2) is 49.8 Å². The molecule has 0 atom stereocenters. The van der Waals surface area contributed by atoms with Crippen molar-refractivity contribution in [1.82, 2.24) is 0 Å². The molecule has 0 saturated carbocycles. The van der Waals surface area contributed by atoms with Crippen molar-refractivity contribution in [3.8, 4) is 0 Å². The van der Waals surface area contributed by atoms with Gasteiger partial charge in [-0.15, -0.1) is 0 Å². The number of amides is 4. The van der Waals surface area contributed by atoms with Crippen LogP contribution in [0.5, 0.6) is 0 Å². The molecule has 0 fully saturated rings. The molecule has 3 aromatic rings. The van der Waals surface area contributed by atoms with Crippen molar-refractivity contribution in [2.75, 3.05) is 45.8 Å². The molecule has 37 heavy (non-hydrogen) atoms. The summed E-state index contributed by atoms with van der Waals surface area (Å²) in [4.78, 5) is 59.0. The van der Waals surface area contributed by atoms with E-state index in [1.54, 1.807) is 34.1 Å². The Morgan fingerprint density at radius 3 is 1.32 bits per heavy atom. The average Bonchev–Trinajstić information content (AvgIpc) is 3.01. The van der Waals surface area contributed by atoms with Gasteiger partial charge in [0.05, 0.1) is 11.4 Å². The number of fused-ring (bicyclic) bond motifs is 1. The van der Waals surface area contributed by atoms with Gasteiger partial charge in [0.15, 0.2) is 0 Å². The van der Waals surface area contributed by atoms with Crippen molar-refractivity contribution in [2.24, 2.45) is 0 Å². The predicted molar refractivity (Wildman–Crippen MR) is 145 cm³/mol. The van der Waals surface area contributed by atoms with Gasteiger partial charge in [-0.25, -0.2) is 0 Å². The summed E-state index contributed by atoms with van der Waals surface area (Å²) in [7, 11) is 0. The van der Waals surface area contributed by atoms with Gasteiger partial charge in [-0.05, 0) is 50.2 Å². The number of hydrogen-bond donors (Lipinski definition) is 0. The number of carbonyl (C=O) groups excluding carboxylic acids is 4. The van der Waals surface area contributed by atoms with Crippen LogP contribution >= 0.6 is 0 Å². The largest absolute Gasteiger partial charge is 0.311 e. The van der Waals surface area contributed by atoms with Crippen LogP contribution in [0.4, 0.5) is 22.7 Å². The van der Waals surface area contributed by atoms with Gasteiger partial charge in [0.25, 0.3) is 0 Å². The predicted octanol–water partition coefficient (Wildman–Crippen LogP) is 3.86. The number of rotatable bonds is 8. The van der Waals surface area contributed by atoms with Crippen molar-refractivity contribution in [3.63, 3.8) is 0 Å². The molecule has 3 aromatic carbocycles. The minimum Gasteiger partial charge on any atom is -0.311 e. The molecule has 0 radical (unpaired) electrons. The van der Waals surface area contributed by atoms with Gasteiger partial charge in [-0.1, -0.05) is 48.5 Å². The summed E-state index contributed by atoms with van der Waals surface area (Å²) in [5.74, 6) is -1.51. The van der Waals surface area contributed by atoms with Crippen molar-refractivity contribution >= 4 is 46.4 Å². The van der Waals surface area contributed by atoms with E-state index >= 15 is 0 Å². The van der Waals surface area contributed by atoms with E-state index in [1.807, 2.05) is 74.5 Å². The Kier molecular flexibility index (Phi) is 7.98. The molecule has 190 valence electrons. The lowest BCUT2D eigenvalue weighted by molar-refractivity contribution is -0.128. The maximum atomic E-state index is 13.3. The standard InChI is InChI=1S/C29H30N4O4/c1-3-30(22-13-7-5-8-14-22)28(36)20-32-24-17-11-12-18-25(24)33(27(35)19-26(32)34)21-29(37)31(4-2)23-15-9-6-10-16-23/h5-18H,3-4,19-21H2,1-2H3. The number of likely N-dealkylation sites (N-methyl/N-ethyl adjacent to an activating group) is 2. The lowest BCUT2D eigenvalue weighted by atomic mass is 10.2. The van der Waals surface area contributed by atoms with Crippen LogP contribution in [0.2, 0.25) is 0 Å². The minimum absolute atomic E-state index is 0.223. The second kappa shape index (κ2) is 11.5. The van der Waals surface area contributed by atoms with Gasteiger partial charge in [-0.3, -0.25) is 19.2 Å². The molecular weight excluding hydrogens is 468 g/mol. The van der Waals surface area contributed by atoms with E-state index in [-0.39, 0.29) is 24.9 Å². The SMILES string of the molecule is CCN(C(=O)CN1C(=O)CC(=O)N(CC(=O)N(CC)c2ccccc2)c2ccccc21)c1ccccc1. The van der Waals surface area contributed by atoms with Crippen molar-refractivity contribution in [1.29, 1.82) is 0 Å². The van der Waals surface area contributed by atoms with Crippen molar-refractivity contribution < 1.29 is 19.2 Å². The van der Waals surface area contributed by atoms with Gasteiger partial charge < -0.3 is 19.6 Å². The monoisotopic (exact) mass is 498 g/mol. The van der Waals surface area contributed by atoms with Gasteiger partial charge >= 0.3 is 0 Å². The molecule has 0 spiro atoms. The molecule has 0 aromatic heterocycles. The van der Waals surface area contributed by atoms with Crippen LogP contribution in [0, 0.1) is 0 Å². The van der Waals surface area contributed by atoms with Crippen molar-refractivity contribution in [3.05, 3.63) is 84.9 Å². The zero-order valence-corrected chi connectivity index (χ0v) is 21.0. The zero-order chi connectivity index (χ0) is 26.4. The highest BCUT2D eigenvalue weighted by Crippen LogP contribution is 2.33. The molecule has 8 heteroatoms. The van der Waals surface area contributed by atoms with E-state index in [0.717, 1.165) is 11.4 Å². The number of anilines is 4. The summed E-state index contributed by atoms with van der Waals surface area (Å²) in [6.45, 7) is 4.15. The molecule has 0 aliphatic carbocycles. The van der Waals surface area contributed by atoms with E-state index in [1.165, 1.54) is 9.80 Å². The van der Waals surface area contributed by atoms with E-state index in [2.05, 4.69) is 0 Å². The molecule has 1 aliphatic rings. The molecule has 0 saturated heterocycles. The first-order chi connectivity index (χ1) is 17.9. The highest BCUT2D eigenvalue weighted by Gasteiger charge is 2.34. The van der Waals surface area contributed by atoms with Gasteiger partial charge in [-0.2, -0.15) is 0 Å². The summed E-state index contributed by atoms with van der Waals surface area (Å²) in [6, 6.07) is 25.4. The molecule has 1 heterocycles. The summed E-state index contributed by atoms with van der Waals surface area (Å²) >= 11 is 0. The number of carbonyl (C=O) groups is 4. The lowest BCUT2D eigenvalue weighted by Crippen LogP contribution is -2.44. The van der Waals surface area contributed by atoms with Gasteiger partial charge in [0.1, 0.15) is 19.5 Å². The first-order valence-electron chi connectivity index (χ1n) is 12.3. The Balaban J connectivity index is 1.63. The number of nitrogens with zero attached hydrogens (tertiary/aromatic N) is 4. The summed E-state index contributed by atoms with van der Waals surface area (Å²) in [5.41, 5.74) is 2.31. The van der Waals surface area contributed by atoms with Crippen LogP contribution < -0.4 is 19.6 Å². The Labute approximate surface area is 216 Å². The van der Waals surface area contributed by atoms with Crippen LogP contribution in [0.25, 0.3) is 0 Å². The first kappa shape index (κ1) is 25.6. The lowest BCUT2D eigenvalue weighted by Gasteiger charge is -2.29. The Morgan fingerprint density at radius 2 is 0.973 bits per heavy atom. The van der Waals surface area contributed by atoms with E-state index in [4.69, 9.17) is 0 Å². The average molecular weight is 499 g/mol.